The van der Waals surface area contributed by atoms with E-state index in [9.17, 15) is 0 Å². The molecule has 0 aliphatic rings. The van der Waals surface area contributed by atoms with Crippen LogP contribution in [0.4, 0.5) is 5.69 Å². The predicted octanol–water partition coefficient (Wildman–Crippen LogP) is 5.58. The topological polar surface area (TPSA) is 34.0 Å². The van der Waals surface area contributed by atoms with Crippen LogP contribution >= 0.6 is 23.2 Å². The molecule has 0 atom stereocenters. The molecular formula is C21H18Cl2N4. The number of aryl methyl sites for hydroxylation is 1. The number of halogens is 2. The molecule has 0 spiro atoms. The fraction of sp³-hybridized carbons (Fsp3) is 0.143. The lowest BCUT2D eigenvalue weighted by Crippen LogP contribution is -2.16. The van der Waals surface area contributed by atoms with Gasteiger partial charge in [-0.1, -0.05) is 29.3 Å². The summed E-state index contributed by atoms with van der Waals surface area (Å²) in [6.07, 6.45) is 5.71. The highest BCUT2D eigenvalue weighted by molar-refractivity contribution is 6.36. The minimum absolute atomic E-state index is 0.625. The Hall–Kier alpha value is -2.56. The molecular weight excluding hydrogens is 379 g/mol. The fourth-order valence-corrected chi connectivity index (χ4v) is 3.61. The first kappa shape index (κ1) is 17.8. The molecule has 0 amide bonds. The first-order valence-corrected chi connectivity index (χ1v) is 9.30. The third-order valence-electron chi connectivity index (χ3n) is 4.60. The van der Waals surface area contributed by atoms with Gasteiger partial charge in [-0.2, -0.15) is 5.10 Å². The number of pyridine rings is 1. The minimum atomic E-state index is 0.625. The Balaban J connectivity index is 1.67. The van der Waals surface area contributed by atoms with E-state index in [1.807, 2.05) is 57.0 Å². The van der Waals surface area contributed by atoms with Crippen molar-refractivity contribution in [2.24, 2.45) is 7.05 Å². The Morgan fingerprint density at radius 3 is 2.48 bits per heavy atom. The number of anilines is 1. The van der Waals surface area contributed by atoms with Crippen LogP contribution in [0.2, 0.25) is 10.0 Å². The van der Waals surface area contributed by atoms with Crippen LogP contribution in [0.15, 0.2) is 61.1 Å². The van der Waals surface area contributed by atoms with Crippen molar-refractivity contribution in [1.82, 2.24) is 14.8 Å². The van der Waals surface area contributed by atoms with Gasteiger partial charge in [0.1, 0.15) is 0 Å². The molecule has 0 saturated carbocycles. The number of hydrogen-bond acceptors (Lipinski definition) is 3. The number of hydrogen-bond donors (Lipinski definition) is 0. The molecule has 4 rings (SSSR count). The SMILES string of the molecule is CN(Cc1c(Cl)cccc1Cl)c1ccc2ncc(-c3cnn(C)c3)cc2c1. The molecule has 0 aliphatic heterocycles. The number of fused-ring (bicyclic) bond motifs is 1. The van der Waals surface area contributed by atoms with E-state index < -0.39 is 0 Å². The average molecular weight is 397 g/mol. The first-order chi connectivity index (χ1) is 13.0. The second-order valence-electron chi connectivity index (χ2n) is 6.56. The Bertz CT molecular complexity index is 1100. The molecule has 0 aliphatic carbocycles. The molecule has 0 fully saturated rings. The highest BCUT2D eigenvalue weighted by atomic mass is 35.5. The van der Waals surface area contributed by atoms with Gasteiger partial charge in [-0.15, -0.1) is 0 Å². The summed E-state index contributed by atoms with van der Waals surface area (Å²) < 4.78 is 1.79. The quantitative estimate of drug-likeness (QED) is 0.451. The van der Waals surface area contributed by atoms with E-state index in [1.54, 1.807) is 4.68 Å². The van der Waals surface area contributed by atoms with Crippen molar-refractivity contribution in [3.63, 3.8) is 0 Å². The van der Waals surface area contributed by atoms with Crippen molar-refractivity contribution in [2.75, 3.05) is 11.9 Å². The van der Waals surface area contributed by atoms with E-state index in [0.717, 1.165) is 33.3 Å². The molecule has 6 heteroatoms. The smallest absolute Gasteiger partial charge is 0.0703 e. The van der Waals surface area contributed by atoms with Gasteiger partial charge in [-0.3, -0.25) is 9.67 Å². The van der Waals surface area contributed by atoms with Crippen LogP contribution < -0.4 is 4.90 Å². The average Bonchev–Trinajstić information content (AvgIpc) is 3.10. The summed E-state index contributed by atoms with van der Waals surface area (Å²) in [6.45, 7) is 0.625. The molecule has 2 heterocycles. The van der Waals surface area contributed by atoms with Crippen LogP contribution in [0.1, 0.15) is 5.56 Å². The van der Waals surface area contributed by atoms with Crippen molar-refractivity contribution < 1.29 is 0 Å². The van der Waals surface area contributed by atoms with Gasteiger partial charge in [0.2, 0.25) is 0 Å². The van der Waals surface area contributed by atoms with Crippen LogP contribution in [-0.4, -0.2) is 21.8 Å². The van der Waals surface area contributed by atoms with Crippen LogP contribution in [-0.2, 0) is 13.6 Å². The van der Waals surface area contributed by atoms with Crippen molar-refractivity contribution in [3.05, 3.63) is 76.7 Å². The molecule has 0 unspecified atom stereocenters. The third-order valence-corrected chi connectivity index (χ3v) is 5.31. The summed E-state index contributed by atoms with van der Waals surface area (Å²) in [5.41, 5.74) is 5.04. The summed E-state index contributed by atoms with van der Waals surface area (Å²) in [5.74, 6) is 0. The molecule has 0 N–H and O–H groups in total. The summed E-state index contributed by atoms with van der Waals surface area (Å²) in [7, 11) is 3.93. The van der Waals surface area contributed by atoms with Gasteiger partial charge < -0.3 is 4.90 Å². The molecule has 0 bridgehead atoms. The van der Waals surface area contributed by atoms with Crippen molar-refractivity contribution in [3.8, 4) is 11.1 Å². The lowest BCUT2D eigenvalue weighted by Gasteiger charge is -2.21. The Labute approximate surface area is 168 Å². The van der Waals surface area contributed by atoms with Crippen LogP contribution in [0.3, 0.4) is 0 Å². The fourth-order valence-electron chi connectivity index (χ4n) is 3.10. The summed E-state index contributed by atoms with van der Waals surface area (Å²) >= 11 is 12.6. The monoisotopic (exact) mass is 396 g/mol. The zero-order valence-electron chi connectivity index (χ0n) is 15.0. The molecule has 27 heavy (non-hydrogen) atoms. The molecule has 4 nitrogen and oxygen atoms in total. The van der Waals surface area contributed by atoms with Gasteiger partial charge >= 0.3 is 0 Å². The summed E-state index contributed by atoms with van der Waals surface area (Å²) in [5, 5.41) is 6.67. The predicted molar refractivity (Wildman–Crippen MR) is 113 cm³/mol. The Morgan fingerprint density at radius 1 is 1.00 bits per heavy atom. The highest BCUT2D eigenvalue weighted by Gasteiger charge is 2.11. The second kappa shape index (κ2) is 7.22. The van der Waals surface area contributed by atoms with Crippen molar-refractivity contribution in [2.45, 2.75) is 6.54 Å². The molecule has 0 radical (unpaired) electrons. The number of rotatable bonds is 4. The standard InChI is InChI=1S/C21H18Cl2N4/c1-26(13-18-19(22)4-3-5-20(18)23)17-6-7-21-14(9-17)8-15(10-24-21)16-11-25-27(2)12-16/h3-12H,13H2,1-2H3. The maximum absolute atomic E-state index is 6.32. The van der Waals surface area contributed by atoms with Crippen molar-refractivity contribution >= 4 is 39.8 Å². The molecule has 136 valence electrons. The molecule has 2 aromatic heterocycles. The summed E-state index contributed by atoms with van der Waals surface area (Å²) in [4.78, 5) is 6.71. The van der Waals surface area contributed by atoms with E-state index in [-0.39, 0.29) is 0 Å². The molecule has 0 saturated heterocycles. The zero-order chi connectivity index (χ0) is 19.0. The third kappa shape index (κ3) is 3.64. The van der Waals surface area contributed by atoms with E-state index >= 15 is 0 Å². The van der Waals surface area contributed by atoms with Gasteiger partial charge in [0.15, 0.2) is 0 Å². The zero-order valence-corrected chi connectivity index (χ0v) is 16.5. The summed E-state index contributed by atoms with van der Waals surface area (Å²) in [6, 6.07) is 13.9. The normalized spacial score (nSPS) is 11.1. The second-order valence-corrected chi connectivity index (χ2v) is 7.37. The van der Waals surface area contributed by atoms with Gasteiger partial charge in [-0.25, -0.2) is 0 Å². The van der Waals surface area contributed by atoms with Gasteiger partial charge in [0.25, 0.3) is 0 Å². The maximum Gasteiger partial charge on any atom is 0.0703 e. The van der Waals surface area contributed by atoms with Crippen molar-refractivity contribution in [1.29, 1.82) is 0 Å². The minimum Gasteiger partial charge on any atom is -0.370 e. The van der Waals surface area contributed by atoms with Crippen LogP contribution in [0.5, 0.6) is 0 Å². The Morgan fingerprint density at radius 2 is 1.78 bits per heavy atom. The van der Waals surface area contributed by atoms with E-state index in [4.69, 9.17) is 23.2 Å². The number of nitrogens with zero attached hydrogens (tertiary/aromatic N) is 4. The highest BCUT2D eigenvalue weighted by Crippen LogP contribution is 2.29. The maximum atomic E-state index is 6.32. The Kier molecular flexibility index (Phi) is 4.77. The van der Waals surface area contributed by atoms with Gasteiger partial charge in [0.05, 0.1) is 11.7 Å². The molecule has 2 aromatic carbocycles. The largest absolute Gasteiger partial charge is 0.370 e. The van der Waals surface area contributed by atoms with Gasteiger partial charge in [0, 0.05) is 70.8 Å². The van der Waals surface area contributed by atoms with Crippen LogP contribution in [0, 0.1) is 0 Å². The van der Waals surface area contributed by atoms with Crippen LogP contribution in [0.25, 0.3) is 22.0 Å². The van der Waals surface area contributed by atoms with E-state index in [1.165, 1.54) is 0 Å². The van der Waals surface area contributed by atoms with E-state index in [0.29, 0.717) is 16.6 Å². The number of benzene rings is 2. The first-order valence-electron chi connectivity index (χ1n) is 8.54. The number of aromatic nitrogens is 3. The lowest BCUT2D eigenvalue weighted by atomic mass is 10.1. The van der Waals surface area contributed by atoms with Gasteiger partial charge in [-0.05, 0) is 36.4 Å². The molecule has 4 aromatic rings. The lowest BCUT2D eigenvalue weighted by molar-refractivity contribution is 0.768. The van der Waals surface area contributed by atoms with E-state index in [2.05, 4.69) is 33.2 Å².